The van der Waals surface area contributed by atoms with Crippen LogP contribution in [0.5, 0.6) is 0 Å². The molecule has 0 fully saturated rings. The van der Waals surface area contributed by atoms with Crippen LogP contribution in [0.15, 0.2) is 24.3 Å². The highest BCUT2D eigenvalue weighted by molar-refractivity contribution is 7.90. The molecule has 0 aromatic heterocycles. The Morgan fingerprint density at radius 1 is 1.27 bits per heavy atom. The number of nitrogens with one attached hydrogen (secondary N) is 1. The average Bonchev–Trinajstić information content (AvgIpc) is 2.18. The minimum Gasteiger partial charge on any atom is -0.271 e. The van der Waals surface area contributed by atoms with E-state index in [1.165, 1.54) is 14.1 Å². The maximum Gasteiger partial charge on any atom is 0.301 e. The van der Waals surface area contributed by atoms with E-state index in [9.17, 15) is 8.42 Å². The van der Waals surface area contributed by atoms with Crippen molar-refractivity contribution < 1.29 is 8.42 Å². The summed E-state index contributed by atoms with van der Waals surface area (Å²) in [6.07, 6.45) is 0.798. The van der Waals surface area contributed by atoms with E-state index in [1.54, 1.807) is 6.07 Å². The van der Waals surface area contributed by atoms with E-state index in [-0.39, 0.29) is 0 Å². The van der Waals surface area contributed by atoms with Crippen LogP contribution in [0.1, 0.15) is 12.5 Å². The molecule has 0 heterocycles. The summed E-state index contributed by atoms with van der Waals surface area (Å²) in [7, 11) is -0.407. The molecule has 15 heavy (non-hydrogen) atoms. The van der Waals surface area contributed by atoms with Crippen molar-refractivity contribution in [3.05, 3.63) is 29.8 Å². The third kappa shape index (κ3) is 2.94. The Morgan fingerprint density at radius 2 is 1.87 bits per heavy atom. The van der Waals surface area contributed by atoms with Crippen molar-refractivity contribution in [2.45, 2.75) is 13.3 Å². The maximum atomic E-state index is 11.6. The summed E-state index contributed by atoms with van der Waals surface area (Å²) in [6, 6.07) is 7.38. The first-order chi connectivity index (χ1) is 6.97. The zero-order valence-corrected chi connectivity index (χ0v) is 10.0. The third-order valence-corrected chi connectivity index (χ3v) is 3.56. The van der Waals surface area contributed by atoms with Crippen LogP contribution in [0.3, 0.4) is 0 Å². The SMILES string of the molecule is CCc1ccccc1NS(=O)(=O)N(C)C. The topological polar surface area (TPSA) is 49.4 Å². The molecule has 0 amide bonds. The lowest BCUT2D eigenvalue weighted by atomic mass is 10.1. The van der Waals surface area contributed by atoms with Crippen molar-refractivity contribution in [2.75, 3.05) is 18.8 Å². The van der Waals surface area contributed by atoms with Gasteiger partial charge in [-0.05, 0) is 18.1 Å². The van der Waals surface area contributed by atoms with E-state index in [0.717, 1.165) is 16.3 Å². The molecule has 1 aromatic rings. The second kappa shape index (κ2) is 4.63. The van der Waals surface area contributed by atoms with Crippen molar-refractivity contribution >= 4 is 15.9 Å². The normalized spacial score (nSPS) is 11.7. The summed E-state index contributed by atoms with van der Waals surface area (Å²) in [5, 5.41) is 0. The second-order valence-electron chi connectivity index (χ2n) is 3.40. The lowest BCUT2D eigenvalue weighted by Crippen LogP contribution is -2.29. The van der Waals surface area contributed by atoms with E-state index in [1.807, 2.05) is 25.1 Å². The Bertz CT molecular complexity index is 427. The summed E-state index contributed by atoms with van der Waals surface area (Å²) in [5.41, 5.74) is 1.64. The number of benzene rings is 1. The van der Waals surface area contributed by atoms with Crippen LogP contribution in [0.4, 0.5) is 5.69 Å². The number of aryl methyl sites for hydroxylation is 1. The van der Waals surface area contributed by atoms with Gasteiger partial charge in [0, 0.05) is 14.1 Å². The highest BCUT2D eigenvalue weighted by Crippen LogP contribution is 2.17. The molecule has 4 nitrogen and oxygen atoms in total. The van der Waals surface area contributed by atoms with Crippen LogP contribution in [-0.2, 0) is 16.6 Å². The fraction of sp³-hybridized carbons (Fsp3) is 0.400. The van der Waals surface area contributed by atoms with E-state index < -0.39 is 10.2 Å². The number of rotatable bonds is 4. The van der Waals surface area contributed by atoms with Gasteiger partial charge in [-0.1, -0.05) is 25.1 Å². The predicted octanol–water partition coefficient (Wildman–Crippen LogP) is 1.47. The van der Waals surface area contributed by atoms with E-state index in [4.69, 9.17) is 0 Å². The largest absolute Gasteiger partial charge is 0.301 e. The molecule has 0 bridgehead atoms. The first-order valence-electron chi connectivity index (χ1n) is 4.75. The van der Waals surface area contributed by atoms with Crippen LogP contribution in [0.2, 0.25) is 0 Å². The average molecular weight is 228 g/mol. The summed E-state index contributed by atoms with van der Waals surface area (Å²) < 4.78 is 26.9. The van der Waals surface area contributed by atoms with Crippen LogP contribution in [0.25, 0.3) is 0 Å². The molecule has 1 N–H and O–H groups in total. The highest BCUT2D eigenvalue weighted by atomic mass is 32.2. The van der Waals surface area contributed by atoms with Gasteiger partial charge in [-0.3, -0.25) is 4.72 Å². The molecule has 0 aliphatic rings. The number of hydrogen-bond donors (Lipinski definition) is 1. The maximum absolute atomic E-state index is 11.6. The van der Waals surface area contributed by atoms with Gasteiger partial charge in [-0.15, -0.1) is 0 Å². The van der Waals surface area contributed by atoms with Crippen LogP contribution >= 0.6 is 0 Å². The van der Waals surface area contributed by atoms with Gasteiger partial charge in [-0.2, -0.15) is 12.7 Å². The van der Waals surface area contributed by atoms with Gasteiger partial charge in [0.15, 0.2) is 0 Å². The smallest absolute Gasteiger partial charge is 0.271 e. The highest BCUT2D eigenvalue weighted by Gasteiger charge is 2.13. The van der Waals surface area contributed by atoms with Crippen molar-refractivity contribution in [1.82, 2.24) is 4.31 Å². The Hall–Kier alpha value is -1.07. The van der Waals surface area contributed by atoms with Gasteiger partial charge >= 0.3 is 10.2 Å². The standard InChI is InChI=1S/C10H16N2O2S/c1-4-9-7-5-6-8-10(9)11-15(13,14)12(2)3/h5-8,11H,4H2,1-3H3. The fourth-order valence-corrected chi connectivity index (χ4v) is 1.82. The predicted molar refractivity (Wildman–Crippen MR) is 62.0 cm³/mol. The molecule has 0 aliphatic carbocycles. The third-order valence-electron chi connectivity index (χ3n) is 2.12. The Balaban J connectivity index is 3.00. The lowest BCUT2D eigenvalue weighted by molar-refractivity contribution is 0.526. The second-order valence-corrected chi connectivity index (χ2v) is 5.28. The van der Waals surface area contributed by atoms with Crippen molar-refractivity contribution in [1.29, 1.82) is 0 Å². The summed E-state index contributed by atoms with van der Waals surface area (Å²) in [4.78, 5) is 0. The number of nitrogens with zero attached hydrogens (tertiary/aromatic N) is 1. The van der Waals surface area contributed by atoms with Crippen molar-refractivity contribution in [2.24, 2.45) is 0 Å². The van der Waals surface area contributed by atoms with E-state index in [0.29, 0.717) is 5.69 Å². The molecular weight excluding hydrogens is 212 g/mol. The molecule has 0 unspecified atom stereocenters. The molecular formula is C10H16N2O2S. The first-order valence-corrected chi connectivity index (χ1v) is 6.19. The van der Waals surface area contributed by atoms with Crippen LogP contribution in [0, 0.1) is 0 Å². The van der Waals surface area contributed by atoms with Crippen LogP contribution in [-0.4, -0.2) is 26.8 Å². The zero-order valence-electron chi connectivity index (χ0n) is 9.19. The molecule has 0 atom stereocenters. The minimum absolute atomic E-state index is 0.647. The quantitative estimate of drug-likeness (QED) is 0.848. The molecule has 84 valence electrons. The van der Waals surface area contributed by atoms with Gasteiger partial charge in [0.25, 0.3) is 0 Å². The minimum atomic E-state index is -3.40. The molecule has 1 rings (SSSR count). The van der Waals surface area contributed by atoms with Gasteiger partial charge in [0.1, 0.15) is 0 Å². The molecule has 1 aromatic carbocycles. The van der Waals surface area contributed by atoms with Gasteiger partial charge in [0.05, 0.1) is 5.69 Å². The Kier molecular flexibility index (Phi) is 3.71. The molecule has 0 aliphatic heterocycles. The number of anilines is 1. The zero-order chi connectivity index (χ0) is 11.5. The van der Waals surface area contributed by atoms with E-state index in [2.05, 4.69) is 4.72 Å². The van der Waals surface area contributed by atoms with Gasteiger partial charge in [0.2, 0.25) is 0 Å². The van der Waals surface area contributed by atoms with Crippen LogP contribution < -0.4 is 4.72 Å². The lowest BCUT2D eigenvalue weighted by Gasteiger charge is -2.15. The van der Waals surface area contributed by atoms with Crippen molar-refractivity contribution in [3.8, 4) is 0 Å². The van der Waals surface area contributed by atoms with Gasteiger partial charge in [-0.25, -0.2) is 0 Å². The number of para-hydroxylation sites is 1. The van der Waals surface area contributed by atoms with E-state index >= 15 is 0 Å². The summed E-state index contributed by atoms with van der Waals surface area (Å²) in [5.74, 6) is 0. The number of hydrogen-bond acceptors (Lipinski definition) is 2. The molecule has 5 heteroatoms. The monoisotopic (exact) mass is 228 g/mol. The summed E-state index contributed by atoms with van der Waals surface area (Å²) >= 11 is 0. The fourth-order valence-electron chi connectivity index (χ4n) is 1.16. The molecule has 0 saturated heterocycles. The summed E-state index contributed by atoms with van der Waals surface area (Å²) in [6.45, 7) is 1.99. The van der Waals surface area contributed by atoms with Gasteiger partial charge < -0.3 is 0 Å². The molecule has 0 saturated carbocycles. The first kappa shape index (κ1) is 12.0. The van der Waals surface area contributed by atoms with Crippen molar-refractivity contribution in [3.63, 3.8) is 0 Å². The Morgan fingerprint density at radius 3 is 2.40 bits per heavy atom. The molecule has 0 spiro atoms. The molecule has 0 radical (unpaired) electrons. The Labute approximate surface area is 91.1 Å².